The highest BCUT2D eigenvalue weighted by Crippen LogP contribution is 2.25. The third-order valence-electron chi connectivity index (χ3n) is 4.93. The van der Waals surface area contributed by atoms with Crippen molar-refractivity contribution < 1.29 is 9.53 Å². The molecule has 9 nitrogen and oxygen atoms in total. The Labute approximate surface area is 162 Å². The van der Waals surface area contributed by atoms with Crippen molar-refractivity contribution in [3.8, 4) is 5.88 Å². The SMILES string of the molecule is Nc1nc(OCC2=CC=CC(CNC(=O)C3CC(N)C3)C=C2)c2[nH]cnc2n1. The summed E-state index contributed by atoms with van der Waals surface area (Å²) in [6.07, 6.45) is 13.1. The summed E-state index contributed by atoms with van der Waals surface area (Å²) in [4.78, 5) is 27.3. The highest BCUT2D eigenvalue weighted by atomic mass is 16.5. The number of nitrogen functional groups attached to an aromatic ring is 1. The minimum atomic E-state index is 0.0652. The molecule has 0 aromatic carbocycles. The highest BCUT2D eigenvalue weighted by molar-refractivity contribution is 5.79. The molecule has 2 aliphatic rings. The van der Waals surface area contributed by atoms with Crippen molar-refractivity contribution in [2.75, 3.05) is 18.9 Å². The largest absolute Gasteiger partial charge is 0.471 e. The van der Waals surface area contributed by atoms with Gasteiger partial charge in [-0.15, -0.1) is 0 Å². The van der Waals surface area contributed by atoms with Crippen LogP contribution in [0.25, 0.3) is 11.2 Å². The van der Waals surface area contributed by atoms with Crippen molar-refractivity contribution in [3.63, 3.8) is 0 Å². The molecule has 0 bridgehead atoms. The topological polar surface area (TPSA) is 145 Å². The first-order valence-electron chi connectivity index (χ1n) is 9.26. The number of rotatable bonds is 6. The van der Waals surface area contributed by atoms with Crippen molar-refractivity contribution in [2.45, 2.75) is 18.9 Å². The van der Waals surface area contributed by atoms with Crippen LogP contribution in [0.5, 0.6) is 5.88 Å². The van der Waals surface area contributed by atoms with E-state index < -0.39 is 0 Å². The van der Waals surface area contributed by atoms with Crippen LogP contribution in [0.3, 0.4) is 0 Å². The zero-order chi connectivity index (χ0) is 19.5. The summed E-state index contributed by atoms with van der Waals surface area (Å²) in [5.74, 6) is 0.762. The van der Waals surface area contributed by atoms with Gasteiger partial charge in [0, 0.05) is 24.4 Å². The van der Waals surface area contributed by atoms with Crippen LogP contribution in [0.4, 0.5) is 5.95 Å². The second kappa shape index (κ2) is 7.81. The van der Waals surface area contributed by atoms with Gasteiger partial charge in [0.25, 0.3) is 0 Å². The molecular weight excluding hydrogens is 358 g/mol. The van der Waals surface area contributed by atoms with Crippen molar-refractivity contribution in [3.05, 3.63) is 42.3 Å². The molecule has 0 aliphatic heterocycles. The van der Waals surface area contributed by atoms with Crippen LogP contribution in [0, 0.1) is 11.8 Å². The lowest BCUT2D eigenvalue weighted by molar-refractivity contribution is -0.127. The maximum absolute atomic E-state index is 12.1. The summed E-state index contributed by atoms with van der Waals surface area (Å²) in [5.41, 5.74) is 13.5. The van der Waals surface area contributed by atoms with Crippen LogP contribution in [0.2, 0.25) is 0 Å². The van der Waals surface area contributed by atoms with Gasteiger partial charge >= 0.3 is 0 Å². The number of amides is 1. The molecular formula is C19H23N7O2. The van der Waals surface area contributed by atoms with Gasteiger partial charge in [-0.05, 0) is 18.4 Å². The molecule has 0 saturated heterocycles. The van der Waals surface area contributed by atoms with Gasteiger partial charge in [0.15, 0.2) is 5.65 Å². The Hall–Kier alpha value is -3.20. The predicted molar refractivity (Wildman–Crippen MR) is 105 cm³/mol. The zero-order valence-electron chi connectivity index (χ0n) is 15.3. The fraction of sp³-hybridized carbons (Fsp3) is 0.368. The van der Waals surface area contributed by atoms with Crippen molar-refractivity contribution in [1.82, 2.24) is 25.3 Å². The summed E-state index contributed by atoms with van der Waals surface area (Å²) >= 11 is 0. The fourth-order valence-corrected chi connectivity index (χ4v) is 3.24. The van der Waals surface area contributed by atoms with Crippen LogP contribution >= 0.6 is 0 Å². The van der Waals surface area contributed by atoms with E-state index in [4.69, 9.17) is 16.2 Å². The average Bonchev–Trinajstić information content (AvgIpc) is 3.00. The number of ether oxygens (including phenoxy) is 1. The molecule has 2 aliphatic carbocycles. The van der Waals surface area contributed by atoms with Crippen LogP contribution < -0.4 is 21.5 Å². The first kappa shape index (κ1) is 18.2. The van der Waals surface area contributed by atoms with Gasteiger partial charge < -0.3 is 26.5 Å². The van der Waals surface area contributed by atoms with E-state index >= 15 is 0 Å². The molecule has 1 fully saturated rings. The normalized spacial score (nSPS) is 23.8. The van der Waals surface area contributed by atoms with E-state index in [1.807, 2.05) is 30.4 Å². The molecule has 0 radical (unpaired) electrons. The third-order valence-corrected chi connectivity index (χ3v) is 4.93. The number of nitrogens with zero attached hydrogens (tertiary/aromatic N) is 3. The third kappa shape index (κ3) is 4.04. The molecule has 2 aromatic rings. The summed E-state index contributed by atoms with van der Waals surface area (Å²) in [7, 11) is 0. The second-order valence-electron chi connectivity index (χ2n) is 7.10. The predicted octanol–water partition coefficient (Wildman–Crippen LogP) is 0.836. The monoisotopic (exact) mass is 381 g/mol. The Balaban J connectivity index is 1.31. The number of carbonyl (C=O) groups excluding carboxylic acids is 1. The maximum atomic E-state index is 12.1. The van der Waals surface area contributed by atoms with Gasteiger partial charge in [-0.25, -0.2) is 4.98 Å². The standard InChI is InChI=1S/C19H23N7O2/c20-14-6-13(7-14)17(27)22-8-11-2-1-3-12(5-4-11)9-28-18-15-16(24-10-23-15)25-19(21)26-18/h1-5,10-11,13-14H,6-9,20H2,(H,22,27)(H3,21,23,24,25,26). The Morgan fingerprint density at radius 2 is 2.18 bits per heavy atom. The Kier molecular flexibility index (Phi) is 5.07. The number of anilines is 1. The minimum Gasteiger partial charge on any atom is -0.471 e. The molecule has 4 rings (SSSR count). The molecule has 6 N–H and O–H groups in total. The number of aromatic nitrogens is 4. The van der Waals surface area contributed by atoms with Gasteiger partial charge in [-0.3, -0.25) is 4.79 Å². The van der Waals surface area contributed by atoms with Gasteiger partial charge in [0.1, 0.15) is 12.1 Å². The van der Waals surface area contributed by atoms with E-state index in [0.717, 1.165) is 18.4 Å². The molecule has 1 unspecified atom stereocenters. The average molecular weight is 381 g/mol. The van der Waals surface area contributed by atoms with Gasteiger partial charge in [0.05, 0.1) is 6.33 Å². The number of nitrogens with one attached hydrogen (secondary N) is 2. The lowest BCUT2D eigenvalue weighted by Gasteiger charge is -2.31. The van der Waals surface area contributed by atoms with Crippen LogP contribution in [-0.4, -0.2) is 45.0 Å². The molecule has 2 heterocycles. The van der Waals surface area contributed by atoms with Crippen LogP contribution in [0.1, 0.15) is 12.8 Å². The lowest BCUT2D eigenvalue weighted by atomic mass is 9.80. The first-order valence-corrected chi connectivity index (χ1v) is 9.26. The first-order chi connectivity index (χ1) is 13.6. The number of nitrogens with two attached hydrogens (primary N) is 2. The molecule has 146 valence electrons. The van der Waals surface area contributed by atoms with Gasteiger partial charge in [-0.1, -0.05) is 30.4 Å². The molecule has 28 heavy (non-hydrogen) atoms. The number of hydrogen-bond acceptors (Lipinski definition) is 7. The summed E-state index contributed by atoms with van der Waals surface area (Å²) < 4.78 is 5.81. The van der Waals surface area contributed by atoms with Crippen LogP contribution in [0.15, 0.2) is 42.3 Å². The molecule has 2 aromatic heterocycles. The number of carbonyl (C=O) groups is 1. The number of fused-ring (bicyclic) bond motifs is 1. The highest BCUT2D eigenvalue weighted by Gasteiger charge is 2.31. The smallest absolute Gasteiger partial charge is 0.245 e. The van der Waals surface area contributed by atoms with E-state index in [1.54, 1.807) is 0 Å². The molecule has 1 atom stereocenters. The molecule has 1 amide bonds. The van der Waals surface area contributed by atoms with E-state index in [0.29, 0.717) is 30.2 Å². The Morgan fingerprint density at radius 3 is 3.00 bits per heavy atom. The number of imidazole rings is 1. The number of hydrogen-bond donors (Lipinski definition) is 4. The second-order valence-corrected chi connectivity index (χ2v) is 7.10. The van der Waals surface area contributed by atoms with E-state index in [1.165, 1.54) is 6.33 Å². The van der Waals surface area contributed by atoms with E-state index in [2.05, 4.69) is 25.3 Å². The molecule has 1 saturated carbocycles. The minimum absolute atomic E-state index is 0.0652. The fourth-order valence-electron chi connectivity index (χ4n) is 3.24. The van der Waals surface area contributed by atoms with E-state index in [9.17, 15) is 4.79 Å². The lowest BCUT2D eigenvalue weighted by Crippen LogP contribution is -2.45. The number of H-pyrrole nitrogens is 1. The van der Waals surface area contributed by atoms with Gasteiger partial charge in [0.2, 0.25) is 17.7 Å². The van der Waals surface area contributed by atoms with Crippen molar-refractivity contribution in [1.29, 1.82) is 0 Å². The Morgan fingerprint density at radius 1 is 1.32 bits per heavy atom. The maximum Gasteiger partial charge on any atom is 0.245 e. The van der Waals surface area contributed by atoms with E-state index in [-0.39, 0.29) is 29.7 Å². The molecule has 9 heteroatoms. The van der Waals surface area contributed by atoms with Crippen molar-refractivity contribution >= 4 is 23.0 Å². The summed E-state index contributed by atoms with van der Waals surface area (Å²) in [6, 6.07) is 0.174. The van der Waals surface area contributed by atoms with Crippen molar-refractivity contribution in [2.24, 2.45) is 17.6 Å². The summed E-state index contributed by atoms with van der Waals surface area (Å²) in [5, 5.41) is 3.01. The zero-order valence-corrected chi connectivity index (χ0v) is 15.3. The summed E-state index contributed by atoms with van der Waals surface area (Å²) in [6.45, 7) is 0.890. The van der Waals surface area contributed by atoms with Gasteiger partial charge in [-0.2, -0.15) is 9.97 Å². The molecule has 0 spiro atoms. The number of aromatic amines is 1. The number of allylic oxidation sites excluding steroid dienone is 2. The quantitative estimate of drug-likeness (QED) is 0.580. The Bertz CT molecular complexity index is 956. The van der Waals surface area contributed by atoms with Crippen LogP contribution in [-0.2, 0) is 4.79 Å².